The highest BCUT2D eigenvalue weighted by atomic mass is 35.5. The molecule has 0 heterocycles. The molecule has 2 aromatic carbocycles. The van der Waals surface area contributed by atoms with Gasteiger partial charge in [0.1, 0.15) is 5.78 Å². The van der Waals surface area contributed by atoms with Gasteiger partial charge in [0.25, 0.3) is 0 Å². The molecule has 0 aromatic heterocycles. The number of fused-ring (bicyclic) bond motifs is 2. The van der Waals surface area contributed by atoms with Crippen molar-refractivity contribution in [1.82, 2.24) is 4.90 Å². The second-order valence-electron chi connectivity index (χ2n) is 6.03. The van der Waals surface area contributed by atoms with E-state index in [-0.39, 0.29) is 18.3 Å². The SMILES string of the molecule is CN(C)CCC(=O)C1c2ccccc2Cc2ccccc21.Cl. The summed E-state index contributed by atoms with van der Waals surface area (Å²) < 4.78 is 0. The highest BCUT2D eigenvalue weighted by Gasteiger charge is 2.29. The van der Waals surface area contributed by atoms with Gasteiger partial charge in [-0.3, -0.25) is 4.79 Å². The van der Waals surface area contributed by atoms with Gasteiger partial charge in [-0.05, 0) is 42.8 Å². The van der Waals surface area contributed by atoms with Crippen LogP contribution in [0, 0.1) is 0 Å². The lowest BCUT2D eigenvalue weighted by Gasteiger charge is -2.28. The van der Waals surface area contributed by atoms with Gasteiger partial charge in [-0.25, -0.2) is 0 Å². The first kappa shape index (κ1) is 16.7. The molecular weight excluding hydrogens is 294 g/mol. The first-order valence-electron chi connectivity index (χ1n) is 7.50. The van der Waals surface area contributed by atoms with E-state index in [4.69, 9.17) is 0 Å². The van der Waals surface area contributed by atoms with Gasteiger partial charge in [0.05, 0.1) is 5.92 Å². The summed E-state index contributed by atoms with van der Waals surface area (Å²) >= 11 is 0. The van der Waals surface area contributed by atoms with E-state index in [0.29, 0.717) is 12.2 Å². The zero-order valence-electron chi connectivity index (χ0n) is 13.1. The molecule has 2 nitrogen and oxygen atoms in total. The average molecular weight is 316 g/mol. The predicted molar refractivity (Wildman–Crippen MR) is 93.0 cm³/mol. The third kappa shape index (κ3) is 3.23. The number of hydrogen-bond acceptors (Lipinski definition) is 2. The quantitative estimate of drug-likeness (QED) is 0.858. The molecule has 22 heavy (non-hydrogen) atoms. The highest BCUT2D eigenvalue weighted by Crippen LogP contribution is 2.37. The molecule has 0 unspecified atom stereocenters. The minimum absolute atomic E-state index is 0. The van der Waals surface area contributed by atoms with Crippen LogP contribution in [0.3, 0.4) is 0 Å². The van der Waals surface area contributed by atoms with Gasteiger partial charge in [-0.2, -0.15) is 0 Å². The van der Waals surface area contributed by atoms with Crippen LogP contribution in [-0.2, 0) is 11.2 Å². The summed E-state index contributed by atoms with van der Waals surface area (Å²) in [7, 11) is 4.02. The molecule has 0 bridgehead atoms. The van der Waals surface area contributed by atoms with Crippen LogP contribution in [0.25, 0.3) is 0 Å². The molecule has 0 spiro atoms. The van der Waals surface area contributed by atoms with Crippen LogP contribution >= 0.6 is 12.4 Å². The fourth-order valence-electron chi connectivity index (χ4n) is 3.15. The fourth-order valence-corrected chi connectivity index (χ4v) is 3.15. The number of carbonyl (C=O) groups excluding carboxylic acids is 1. The Morgan fingerprint density at radius 3 is 2.00 bits per heavy atom. The molecule has 1 aliphatic rings. The van der Waals surface area contributed by atoms with E-state index in [1.807, 2.05) is 26.2 Å². The second kappa shape index (κ2) is 7.08. The van der Waals surface area contributed by atoms with Crippen molar-refractivity contribution in [2.75, 3.05) is 20.6 Å². The largest absolute Gasteiger partial charge is 0.309 e. The van der Waals surface area contributed by atoms with Crippen LogP contribution < -0.4 is 0 Å². The number of rotatable bonds is 4. The average Bonchev–Trinajstić information content (AvgIpc) is 2.50. The van der Waals surface area contributed by atoms with Crippen LogP contribution in [-0.4, -0.2) is 31.3 Å². The minimum Gasteiger partial charge on any atom is -0.309 e. The van der Waals surface area contributed by atoms with Crippen LogP contribution in [0.1, 0.15) is 34.6 Å². The van der Waals surface area contributed by atoms with E-state index in [0.717, 1.165) is 13.0 Å². The Morgan fingerprint density at radius 1 is 1.00 bits per heavy atom. The van der Waals surface area contributed by atoms with Crippen LogP contribution in [0.15, 0.2) is 48.5 Å². The predicted octanol–water partition coefficient (Wildman–Crippen LogP) is 3.67. The first-order valence-corrected chi connectivity index (χ1v) is 7.50. The lowest BCUT2D eigenvalue weighted by molar-refractivity contribution is -0.119. The molecular formula is C19H22ClNO. The van der Waals surface area contributed by atoms with Crippen molar-refractivity contribution in [2.45, 2.75) is 18.8 Å². The summed E-state index contributed by atoms with van der Waals surface area (Å²) in [6.45, 7) is 0.805. The molecule has 116 valence electrons. The van der Waals surface area contributed by atoms with Crippen molar-refractivity contribution in [2.24, 2.45) is 0 Å². The van der Waals surface area contributed by atoms with Gasteiger partial charge in [0.2, 0.25) is 0 Å². The number of benzene rings is 2. The third-order valence-electron chi connectivity index (χ3n) is 4.24. The summed E-state index contributed by atoms with van der Waals surface area (Å²) in [5.74, 6) is 0.231. The second-order valence-corrected chi connectivity index (χ2v) is 6.03. The highest BCUT2D eigenvalue weighted by molar-refractivity contribution is 5.90. The molecule has 0 saturated carbocycles. The summed E-state index contributed by atoms with van der Waals surface area (Å²) in [6, 6.07) is 16.7. The van der Waals surface area contributed by atoms with Gasteiger partial charge in [-0.15, -0.1) is 12.4 Å². The standard InChI is InChI=1S/C19H21NO.ClH/c1-20(2)12-11-18(21)19-16-9-5-3-7-14(16)13-15-8-4-6-10-17(15)19;/h3-10,19H,11-13H2,1-2H3;1H. The molecule has 0 saturated heterocycles. The van der Waals surface area contributed by atoms with Crippen molar-refractivity contribution >= 4 is 18.2 Å². The zero-order chi connectivity index (χ0) is 14.8. The van der Waals surface area contributed by atoms with E-state index < -0.39 is 0 Å². The summed E-state index contributed by atoms with van der Waals surface area (Å²) in [6.07, 6.45) is 1.53. The van der Waals surface area contributed by atoms with Crippen molar-refractivity contribution in [3.63, 3.8) is 0 Å². The molecule has 1 aliphatic carbocycles. The van der Waals surface area contributed by atoms with E-state index >= 15 is 0 Å². The van der Waals surface area contributed by atoms with Gasteiger partial charge in [0.15, 0.2) is 0 Å². The van der Waals surface area contributed by atoms with Crippen LogP contribution in [0.5, 0.6) is 0 Å². The van der Waals surface area contributed by atoms with E-state index in [9.17, 15) is 4.79 Å². The zero-order valence-corrected chi connectivity index (χ0v) is 13.9. The molecule has 3 heteroatoms. The lowest BCUT2D eigenvalue weighted by Crippen LogP contribution is -2.24. The summed E-state index contributed by atoms with van der Waals surface area (Å²) in [5.41, 5.74) is 4.97. The number of ketones is 1. The Labute approximate surface area is 138 Å². The van der Waals surface area contributed by atoms with Gasteiger partial charge in [0, 0.05) is 13.0 Å². The Morgan fingerprint density at radius 2 is 1.50 bits per heavy atom. The number of hydrogen-bond donors (Lipinski definition) is 0. The van der Waals surface area contributed by atoms with Crippen molar-refractivity contribution in [1.29, 1.82) is 0 Å². The number of nitrogens with zero attached hydrogens (tertiary/aromatic N) is 1. The Hall–Kier alpha value is -1.64. The molecule has 0 amide bonds. The van der Waals surface area contributed by atoms with Crippen molar-refractivity contribution in [3.8, 4) is 0 Å². The Bertz CT molecular complexity index is 620. The summed E-state index contributed by atoms with van der Waals surface area (Å²) in [5, 5.41) is 0. The maximum absolute atomic E-state index is 12.8. The lowest BCUT2D eigenvalue weighted by atomic mass is 9.75. The van der Waals surface area contributed by atoms with E-state index in [2.05, 4.69) is 41.3 Å². The van der Waals surface area contributed by atoms with Gasteiger partial charge in [-0.1, -0.05) is 48.5 Å². The number of carbonyl (C=O) groups is 1. The summed E-state index contributed by atoms with van der Waals surface area (Å²) in [4.78, 5) is 14.9. The smallest absolute Gasteiger partial charge is 0.146 e. The van der Waals surface area contributed by atoms with Gasteiger partial charge >= 0.3 is 0 Å². The molecule has 0 N–H and O–H groups in total. The molecule has 0 fully saturated rings. The van der Waals surface area contributed by atoms with E-state index in [1.165, 1.54) is 22.3 Å². The fraction of sp³-hybridized carbons (Fsp3) is 0.316. The first-order chi connectivity index (χ1) is 10.2. The minimum atomic E-state index is -0.0916. The molecule has 2 aromatic rings. The van der Waals surface area contributed by atoms with E-state index in [1.54, 1.807) is 0 Å². The van der Waals surface area contributed by atoms with Crippen LogP contribution in [0.2, 0.25) is 0 Å². The Kier molecular flexibility index (Phi) is 5.38. The van der Waals surface area contributed by atoms with Gasteiger partial charge < -0.3 is 4.90 Å². The topological polar surface area (TPSA) is 20.3 Å². The third-order valence-corrected chi connectivity index (χ3v) is 4.24. The maximum Gasteiger partial charge on any atom is 0.146 e. The molecule has 0 aliphatic heterocycles. The molecule has 3 rings (SSSR count). The monoisotopic (exact) mass is 315 g/mol. The normalized spacial score (nSPS) is 13.2. The number of Topliss-reactive ketones (excluding diaryl/α,β-unsaturated/α-hetero) is 1. The van der Waals surface area contributed by atoms with Crippen LogP contribution in [0.4, 0.5) is 0 Å². The molecule has 0 radical (unpaired) electrons. The van der Waals surface area contributed by atoms with Crippen molar-refractivity contribution in [3.05, 3.63) is 70.8 Å². The molecule has 0 atom stereocenters. The Balaban J connectivity index is 0.00000176. The number of halogens is 1. The van der Waals surface area contributed by atoms with Crippen molar-refractivity contribution < 1.29 is 4.79 Å². The maximum atomic E-state index is 12.8.